The van der Waals surface area contributed by atoms with Crippen LogP contribution >= 0.6 is 19.2 Å². The van der Waals surface area contributed by atoms with Gasteiger partial charge in [-0.15, -0.1) is 21.6 Å². The normalized spacial score (nSPS) is 19.1. The van der Waals surface area contributed by atoms with Gasteiger partial charge in [-0.2, -0.15) is 5.01 Å². The second kappa shape index (κ2) is 9.42. The van der Waals surface area contributed by atoms with Gasteiger partial charge in [-0.25, -0.2) is 4.79 Å². The van der Waals surface area contributed by atoms with E-state index in [1.165, 1.54) is 5.01 Å². The predicted octanol–water partition coefficient (Wildman–Crippen LogP) is 2.52. The van der Waals surface area contributed by atoms with E-state index < -0.39 is 19.4 Å². The Hall–Kier alpha value is -0.730. The minimum absolute atomic E-state index is 0.194. The Balaban J connectivity index is 2.93. The molecular formula is C11H22ClN4O5P. The van der Waals surface area contributed by atoms with Gasteiger partial charge in [0.1, 0.15) is 5.78 Å². The minimum atomic E-state index is -3.48. The molecule has 0 aromatic carbocycles. The summed E-state index contributed by atoms with van der Waals surface area (Å²) in [7, 11) is -3.48. The van der Waals surface area contributed by atoms with Crippen LogP contribution in [0.3, 0.4) is 0 Å². The molecule has 1 rings (SSSR count). The van der Waals surface area contributed by atoms with Crippen LogP contribution in [-0.4, -0.2) is 54.1 Å². The number of hydrazine groups is 1. The van der Waals surface area contributed by atoms with Gasteiger partial charge in [0, 0.05) is 19.0 Å². The van der Waals surface area contributed by atoms with Crippen molar-refractivity contribution in [1.82, 2.24) is 15.4 Å². The summed E-state index contributed by atoms with van der Waals surface area (Å²) in [6.45, 7) is 4.36. The molecule has 1 aliphatic rings. The number of amides is 2. The molecule has 1 unspecified atom stereocenters. The zero-order valence-corrected chi connectivity index (χ0v) is 14.4. The second-order valence-electron chi connectivity index (χ2n) is 4.45. The quantitative estimate of drug-likeness (QED) is 0.295. The predicted molar refractivity (Wildman–Crippen MR) is 82.3 cm³/mol. The molecule has 22 heavy (non-hydrogen) atoms. The Morgan fingerprint density at radius 1 is 1.45 bits per heavy atom. The SMILES string of the molecule is CCOP(=O)(OCC)C1CCCN1N(N=O)C(=O)NCCCl. The smallest absolute Gasteiger partial charge is 0.334 e. The fourth-order valence-corrected chi connectivity index (χ4v) is 4.54. The third kappa shape index (κ3) is 4.63. The summed E-state index contributed by atoms with van der Waals surface area (Å²) in [6, 6.07) is -0.720. The molecule has 1 aliphatic heterocycles. The van der Waals surface area contributed by atoms with E-state index in [-0.39, 0.29) is 25.6 Å². The molecule has 1 saturated heterocycles. The van der Waals surface area contributed by atoms with E-state index in [9.17, 15) is 14.3 Å². The molecule has 1 atom stereocenters. The molecule has 9 nitrogen and oxygen atoms in total. The maximum absolute atomic E-state index is 12.9. The van der Waals surface area contributed by atoms with Crippen molar-refractivity contribution in [3.8, 4) is 0 Å². The molecule has 11 heteroatoms. The lowest BCUT2D eigenvalue weighted by Gasteiger charge is -2.33. The van der Waals surface area contributed by atoms with E-state index in [0.29, 0.717) is 24.5 Å². The summed E-state index contributed by atoms with van der Waals surface area (Å²) in [5.41, 5.74) is 0. The fraction of sp³-hybridized carbons (Fsp3) is 0.909. The van der Waals surface area contributed by atoms with E-state index in [0.717, 1.165) is 0 Å². The summed E-state index contributed by atoms with van der Waals surface area (Å²) >= 11 is 5.50. The van der Waals surface area contributed by atoms with Crippen LogP contribution in [0.15, 0.2) is 5.29 Å². The highest BCUT2D eigenvalue weighted by molar-refractivity contribution is 7.54. The van der Waals surface area contributed by atoms with Gasteiger partial charge in [-0.05, 0) is 26.7 Å². The molecular weight excluding hydrogens is 335 g/mol. The monoisotopic (exact) mass is 356 g/mol. The molecule has 1 fully saturated rings. The minimum Gasteiger partial charge on any atom is -0.334 e. The summed E-state index contributed by atoms with van der Waals surface area (Å²) < 4.78 is 23.5. The van der Waals surface area contributed by atoms with Gasteiger partial charge in [0.05, 0.1) is 18.5 Å². The van der Waals surface area contributed by atoms with E-state index in [1.807, 2.05) is 0 Å². The molecule has 0 aliphatic carbocycles. The first-order valence-electron chi connectivity index (χ1n) is 7.16. The summed E-state index contributed by atoms with van der Waals surface area (Å²) in [5.74, 6) is -0.509. The van der Waals surface area contributed by atoms with Crippen LogP contribution in [0.25, 0.3) is 0 Å². The Morgan fingerprint density at radius 2 is 2.09 bits per heavy atom. The Labute approximate surface area is 134 Å². The van der Waals surface area contributed by atoms with Crippen LogP contribution in [0.4, 0.5) is 4.79 Å². The van der Waals surface area contributed by atoms with Gasteiger partial charge in [0.2, 0.25) is 0 Å². The van der Waals surface area contributed by atoms with Gasteiger partial charge in [0.15, 0.2) is 0 Å². The Morgan fingerprint density at radius 3 is 2.59 bits per heavy atom. The molecule has 0 bridgehead atoms. The zero-order chi connectivity index (χ0) is 16.6. The highest BCUT2D eigenvalue weighted by Gasteiger charge is 2.46. The first-order valence-corrected chi connectivity index (χ1v) is 9.31. The average Bonchev–Trinajstić information content (AvgIpc) is 2.96. The molecule has 2 amide bonds. The molecule has 0 saturated carbocycles. The van der Waals surface area contributed by atoms with Crippen LogP contribution < -0.4 is 5.32 Å². The fourth-order valence-electron chi connectivity index (χ4n) is 2.27. The third-order valence-electron chi connectivity index (χ3n) is 3.05. The maximum Gasteiger partial charge on any atom is 0.355 e. The number of carbonyl (C=O) groups is 1. The highest BCUT2D eigenvalue weighted by atomic mass is 35.5. The van der Waals surface area contributed by atoms with Crippen LogP contribution in [0.2, 0.25) is 0 Å². The molecule has 0 spiro atoms. The number of nitroso groups, excluding NO2 is 1. The number of hydrogen-bond donors (Lipinski definition) is 1. The number of hydrogen-bond acceptors (Lipinski definition) is 7. The van der Waals surface area contributed by atoms with Gasteiger partial charge in [-0.1, -0.05) is 0 Å². The number of rotatable bonds is 9. The third-order valence-corrected chi connectivity index (χ3v) is 5.73. The van der Waals surface area contributed by atoms with Crippen molar-refractivity contribution >= 4 is 25.2 Å². The van der Waals surface area contributed by atoms with Crippen molar-refractivity contribution in [2.75, 3.05) is 32.2 Å². The van der Waals surface area contributed by atoms with Crippen LogP contribution in [0.5, 0.6) is 0 Å². The molecule has 0 aromatic heterocycles. The summed E-state index contributed by atoms with van der Waals surface area (Å²) in [6.07, 6.45) is 1.12. The van der Waals surface area contributed by atoms with E-state index >= 15 is 0 Å². The van der Waals surface area contributed by atoms with Crippen LogP contribution in [-0.2, 0) is 13.6 Å². The lowest BCUT2D eigenvalue weighted by molar-refractivity contribution is 0.0142. The van der Waals surface area contributed by atoms with Crippen molar-refractivity contribution in [3.05, 3.63) is 4.91 Å². The first-order chi connectivity index (χ1) is 10.5. The van der Waals surface area contributed by atoms with E-state index in [2.05, 4.69) is 10.6 Å². The van der Waals surface area contributed by atoms with Crippen molar-refractivity contribution in [1.29, 1.82) is 0 Å². The van der Waals surface area contributed by atoms with Gasteiger partial charge < -0.3 is 14.4 Å². The number of urea groups is 1. The average molecular weight is 357 g/mol. The lowest BCUT2D eigenvalue weighted by atomic mass is 10.4. The number of halogens is 1. The molecule has 1 N–H and O–H groups in total. The summed E-state index contributed by atoms with van der Waals surface area (Å²) in [5, 5.41) is 7.14. The number of carbonyl (C=O) groups excluding carboxylic acids is 1. The van der Waals surface area contributed by atoms with E-state index in [4.69, 9.17) is 20.6 Å². The van der Waals surface area contributed by atoms with Crippen molar-refractivity contribution in [2.45, 2.75) is 32.5 Å². The van der Waals surface area contributed by atoms with Gasteiger partial charge >= 0.3 is 13.6 Å². The summed E-state index contributed by atoms with van der Waals surface area (Å²) in [4.78, 5) is 23.0. The number of nitrogens with zero attached hydrogens (tertiary/aromatic N) is 3. The van der Waals surface area contributed by atoms with Crippen molar-refractivity contribution < 1.29 is 18.4 Å². The molecule has 0 aromatic rings. The largest absolute Gasteiger partial charge is 0.355 e. The van der Waals surface area contributed by atoms with Gasteiger partial charge in [-0.3, -0.25) is 4.57 Å². The number of alkyl halides is 1. The van der Waals surface area contributed by atoms with Crippen LogP contribution in [0.1, 0.15) is 26.7 Å². The number of nitrogens with one attached hydrogen (secondary N) is 1. The van der Waals surface area contributed by atoms with Gasteiger partial charge in [0.25, 0.3) is 0 Å². The maximum atomic E-state index is 12.9. The van der Waals surface area contributed by atoms with E-state index in [1.54, 1.807) is 13.8 Å². The topological polar surface area (TPSA) is 101 Å². The first kappa shape index (κ1) is 19.3. The molecule has 1 heterocycles. The Kier molecular flexibility index (Phi) is 8.27. The second-order valence-corrected chi connectivity index (χ2v) is 7.02. The van der Waals surface area contributed by atoms with Crippen molar-refractivity contribution in [3.63, 3.8) is 0 Å². The molecule has 128 valence electrons. The van der Waals surface area contributed by atoms with Crippen molar-refractivity contribution in [2.24, 2.45) is 5.29 Å². The standard InChI is InChI=1S/C11H22ClN4O5P/c1-3-20-22(19,21-4-2)10-6-5-9-15(10)16(14-18)11(17)13-8-7-12/h10H,3-9H2,1-2H3,(H,13,17). The zero-order valence-electron chi connectivity index (χ0n) is 12.7. The van der Waals surface area contributed by atoms with Crippen LogP contribution in [0, 0.1) is 4.91 Å². The Bertz CT molecular complexity index is 417. The highest BCUT2D eigenvalue weighted by Crippen LogP contribution is 2.57. The molecule has 0 radical (unpaired) electrons. The lowest BCUT2D eigenvalue weighted by Crippen LogP contribution is -2.50.